The Hall–Kier alpha value is -0.910. The van der Waals surface area contributed by atoms with Crippen LogP contribution in [0.5, 0.6) is 0 Å². The number of benzene rings is 1. The van der Waals surface area contributed by atoms with Crippen molar-refractivity contribution in [3.63, 3.8) is 0 Å². The molecule has 1 aliphatic rings. The van der Waals surface area contributed by atoms with Crippen molar-refractivity contribution in [2.24, 2.45) is 11.1 Å². The van der Waals surface area contributed by atoms with Gasteiger partial charge in [-0.15, -0.1) is 0 Å². The van der Waals surface area contributed by atoms with E-state index in [1.165, 1.54) is 0 Å². The molecular formula is C16H26N2O2S. The van der Waals surface area contributed by atoms with E-state index in [0.29, 0.717) is 16.9 Å². The molecule has 3 N–H and O–H groups in total. The zero-order valence-electron chi connectivity index (χ0n) is 13.1. The fraction of sp³-hybridized carbons (Fsp3) is 0.625. The van der Waals surface area contributed by atoms with Crippen molar-refractivity contribution in [2.45, 2.75) is 63.9 Å². The molecule has 0 aliphatic heterocycles. The van der Waals surface area contributed by atoms with Crippen LogP contribution in [-0.2, 0) is 16.6 Å². The first-order valence-corrected chi connectivity index (χ1v) is 9.04. The minimum Gasteiger partial charge on any atom is -0.326 e. The molecule has 0 bridgehead atoms. The van der Waals surface area contributed by atoms with E-state index < -0.39 is 10.0 Å². The molecule has 0 amide bonds. The molecule has 0 radical (unpaired) electrons. The normalized spacial score (nSPS) is 19.6. The number of aryl methyl sites for hydroxylation is 1. The summed E-state index contributed by atoms with van der Waals surface area (Å²) in [6, 6.07) is 5.20. The molecule has 2 rings (SSSR count). The van der Waals surface area contributed by atoms with Crippen molar-refractivity contribution in [1.29, 1.82) is 0 Å². The van der Waals surface area contributed by atoms with Crippen LogP contribution in [0.3, 0.4) is 0 Å². The summed E-state index contributed by atoms with van der Waals surface area (Å²) in [6.45, 7) is 6.81. The van der Waals surface area contributed by atoms with Gasteiger partial charge in [0.05, 0.1) is 4.90 Å². The van der Waals surface area contributed by atoms with Gasteiger partial charge in [0, 0.05) is 12.6 Å². The molecule has 21 heavy (non-hydrogen) atoms. The highest BCUT2D eigenvalue weighted by atomic mass is 32.2. The zero-order chi connectivity index (χ0) is 15.7. The average molecular weight is 310 g/mol. The van der Waals surface area contributed by atoms with Gasteiger partial charge in [-0.1, -0.05) is 19.9 Å². The first-order valence-electron chi connectivity index (χ1n) is 7.55. The molecular weight excluding hydrogens is 284 g/mol. The summed E-state index contributed by atoms with van der Waals surface area (Å²) < 4.78 is 27.8. The Kier molecular flexibility index (Phi) is 4.76. The minimum absolute atomic E-state index is 0.0533. The van der Waals surface area contributed by atoms with Crippen LogP contribution in [0.1, 0.15) is 50.7 Å². The Morgan fingerprint density at radius 3 is 2.43 bits per heavy atom. The van der Waals surface area contributed by atoms with E-state index in [-0.39, 0.29) is 6.04 Å². The molecule has 118 valence electrons. The number of nitrogens with two attached hydrogens (primary N) is 1. The number of nitrogens with one attached hydrogen (secondary N) is 1. The van der Waals surface area contributed by atoms with Crippen LogP contribution < -0.4 is 10.5 Å². The van der Waals surface area contributed by atoms with E-state index in [4.69, 9.17) is 5.73 Å². The Balaban J connectivity index is 2.10. The maximum absolute atomic E-state index is 12.5. The molecule has 4 nitrogen and oxygen atoms in total. The predicted octanol–water partition coefficient (Wildman–Crippen LogP) is 2.70. The molecule has 0 spiro atoms. The molecule has 0 atom stereocenters. The van der Waals surface area contributed by atoms with Crippen LogP contribution in [0, 0.1) is 12.3 Å². The van der Waals surface area contributed by atoms with Gasteiger partial charge >= 0.3 is 0 Å². The number of hydrogen-bond donors (Lipinski definition) is 2. The lowest BCUT2D eigenvalue weighted by Crippen LogP contribution is -2.39. The van der Waals surface area contributed by atoms with Gasteiger partial charge in [0.15, 0.2) is 0 Å². The van der Waals surface area contributed by atoms with Crippen molar-refractivity contribution in [3.8, 4) is 0 Å². The average Bonchev–Trinajstić information content (AvgIpc) is 2.41. The van der Waals surface area contributed by atoms with Gasteiger partial charge in [0.2, 0.25) is 10.0 Å². The monoisotopic (exact) mass is 310 g/mol. The fourth-order valence-corrected chi connectivity index (χ4v) is 4.26. The summed E-state index contributed by atoms with van der Waals surface area (Å²) in [5.74, 6) is 0. The van der Waals surface area contributed by atoms with Crippen LogP contribution >= 0.6 is 0 Å². The second kappa shape index (κ2) is 6.07. The highest BCUT2D eigenvalue weighted by Gasteiger charge is 2.29. The van der Waals surface area contributed by atoms with Crippen LogP contribution in [-0.4, -0.2) is 14.5 Å². The second-order valence-corrected chi connectivity index (χ2v) is 8.57. The van der Waals surface area contributed by atoms with Crippen molar-refractivity contribution < 1.29 is 8.42 Å². The SMILES string of the molecule is Cc1cc(S(=O)(=O)NC2CCC(C)(C)CC2)ccc1CN. The zero-order valence-corrected chi connectivity index (χ0v) is 14.0. The third-order valence-corrected chi connectivity index (χ3v) is 6.02. The van der Waals surface area contributed by atoms with E-state index in [9.17, 15) is 8.42 Å². The van der Waals surface area contributed by atoms with Crippen LogP contribution in [0.15, 0.2) is 23.1 Å². The van der Waals surface area contributed by atoms with E-state index in [2.05, 4.69) is 18.6 Å². The first kappa shape index (κ1) is 16.5. The van der Waals surface area contributed by atoms with Crippen LogP contribution in [0.25, 0.3) is 0 Å². The maximum Gasteiger partial charge on any atom is 0.240 e. The van der Waals surface area contributed by atoms with Gasteiger partial charge < -0.3 is 5.73 Å². The first-order chi connectivity index (χ1) is 9.73. The van der Waals surface area contributed by atoms with E-state index in [1.54, 1.807) is 18.2 Å². The Bertz CT molecular complexity index is 599. The van der Waals surface area contributed by atoms with Crippen molar-refractivity contribution in [3.05, 3.63) is 29.3 Å². The molecule has 0 saturated heterocycles. The quantitative estimate of drug-likeness (QED) is 0.898. The van der Waals surface area contributed by atoms with Gasteiger partial charge in [0.25, 0.3) is 0 Å². The Morgan fingerprint density at radius 2 is 1.90 bits per heavy atom. The summed E-state index contributed by atoms with van der Waals surface area (Å²) in [7, 11) is -3.44. The summed E-state index contributed by atoms with van der Waals surface area (Å²) in [6.07, 6.45) is 3.94. The molecule has 1 fully saturated rings. The smallest absolute Gasteiger partial charge is 0.240 e. The summed E-state index contributed by atoms with van der Waals surface area (Å²) >= 11 is 0. The Labute approximate surface area is 128 Å². The van der Waals surface area contributed by atoms with Gasteiger partial charge in [-0.25, -0.2) is 13.1 Å². The molecule has 1 aliphatic carbocycles. The molecule has 1 saturated carbocycles. The highest BCUT2D eigenvalue weighted by molar-refractivity contribution is 7.89. The molecule has 5 heteroatoms. The fourth-order valence-electron chi connectivity index (χ4n) is 2.87. The van der Waals surface area contributed by atoms with Gasteiger partial charge in [0.1, 0.15) is 0 Å². The largest absolute Gasteiger partial charge is 0.326 e. The topological polar surface area (TPSA) is 72.2 Å². The van der Waals surface area contributed by atoms with Crippen molar-refractivity contribution in [1.82, 2.24) is 4.72 Å². The lowest BCUT2D eigenvalue weighted by atomic mass is 9.76. The van der Waals surface area contributed by atoms with Crippen molar-refractivity contribution in [2.75, 3.05) is 0 Å². The lowest BCUT2D eigenvalue weighted by Gasteiger charge is -2.34. The van der Waals surface area contributed by atoms with Gasteiger partial charge in [-0.3, -0.25) is 0 Å². The number of rotatable bonds is 4. The van der Waals surface area contributed by atoms with Gasteiger partial charge in [-0.2, -0.15) is 0 Å². The highest BCUT2D eigenvalue weighted by Crippen LogP contribution is 2.35. The number of hydrogen-bond acceptors (Lipinski definition) is 3. The molecule has 0 aromatic heterocycles. The minimum atomic E-state index is -3.44. The van der Waals surface area contributed by atoms with E-state index in [1.807, 2.05) is 6.92 Å². The van der Waals surface area contributed by atoms with E-state index >= 15 is 0 Å². The van der Waals surface area contributed by atoms with Crippen LogP contribution in [0.4, 0.5) is 0 Å². The standard InChI is InChI=1S/C16H26N2O2S/c1-12-10-15(5-4-13(12)11-17)21(19,20)18-14-6-8-16(2,3)9-7-14/h4-5,10,14,18H,6-9,11,17H2,1-3H3. The van der Waals surface area contributed by atoms with Crippen LogP contribution in [0.2, 0.25) is 0 Å². The summed E-state index contributed by atoms with van der Waals surface area (Å²) in [5, 5.41) is 0. The van der Waals surface area contributed by atoms with Crippen molar-refractivity contribution >= 4 is 10.0 Å². The lowest BCUT2D eigenvalue weighted by molar-refractivity contribution is 0.218. The van der Waals surface area contributed by atoms with Gasteiger partial charge in [-0.05, 0) is 61.3 Å². The third kappa shape index (κ3) is 4.05. The molecule has 0 unspecified atom stereocenters. The summed E-state index contributed by atoms with van der Waals surface area (Å²) in [5.41, 5.74) is 7.86. The Morgan fingerprint density at radius 1 is 1.29 bits per heavy atom. The molecule has 1 aromatic carbocycles. The molecule has 1 aromatic rings. The third-order valence-electron chi connectivity index (χ3n) is 4.51. The second-order valence-electron chi connectivity index (χ2n) is 6.85. The van der Waals surface area contributed by atoms with E-state index in [0.717, 1.165) is 36.8 Å². The number of sulfonamides is 1. The maximum atomic E-state index is 12.5. The predicted molar refractivity (Wildman–Crippen MR) is 85.4 cm³/mol. The molecule has 0 heterocycles. The summed E-state index contributed by atoms with van der Waals surface area (Å²) in [4.78, 5) is 0.335.